The molecule has 0 aliphatic rings. The third kappa shape index (κ3) is 2.17. The van der Waals surface area contributed by atoms with Crippen LogP contribution in [0.5, 0.6) is 0 Å². The number of hydrogen-bond donors (Lipinski definition) is 0. The van der Waals surface area contributed by atoms with Gasteiger partial charge in [-0.1, -0.05) is 0 Å². The zero-order valence-electron chi connectivity index (χ0n) is 9.74. The summed E-state index contributed by atoms with van der Waals surface area (Å²) in [4.78, 5) is 0. The van der Waals surface area contributed by atoms with Crippen LogP contribution in [0.4, 0.5) is 4.39 Å². The highest BCUT2D eigenvalue weighted by molar-refractivity contribution is 6.16. The first kappa shape index (κ1) is 12.0. The van der Waals surface area contributed by atoms with E-state index in [9.17, 15) is 4.39 Å². The summed E-state index contributed by atoms with van der Waals surface area (Å²) < 4.78 is 15.0. The molecule has 2 rings (SSSR count). The molecule has 0 aliphatic heterocycles. The number of halogens is 2. The summed E-state index contributed by atoms with van der Waals surface area (Å²) in [6, 6.07) is 4.64. The first-order valence-electron chi connectivity index (χ1n) is 5.42. The smallest absolute Gasteiger partial charge is 0.164 e. The predicted octanol–water partition coefficient (Wildman–Crippen LogP) is 3.15. The number of alkyl halides is 1. The van der Waals surface area contributed by atoms with Gasteiger partial charge in [-0.05, 0) is 37.6 Å². The number of benzene rings is 1. The van der Waals surface area contributed by atoms with E-state index in [0.717, 1.165) is 29.3 Å². The van der Waals surface area contributed by atoms with Gasteiger partial charge in [0, 0.05) is 12.1 Å². The normalized spacial score (nSPS) is 10.8. The number of hydrogen-bond acceptors (Lipinski definition) is 2. The quantitative estimate of drug-likeness (QED) is 0.787. The molecule has 17 heavy (non-hydrogen) atoms. The molecule has 1 aromatic carbocycles. The van der Waals surface area contributed by atoms with Crippen molar-refractivity contribution in [3.63, 3.8) is 0 Å². The van der Waals surface area contributed by atoms with Crippen LogP contribution in [0.3, 0.4) is 0 Å². The molecule has 1 heterocycles. The standard InChI is InChI=1S/C12H13ClFN3/c1-3-17-11(7-13)15-16-12(17)10-5-4-9(14)6-8(10)2/h4-6H,3,7H2,1-2H3. The topological polar surface area (TPSA) is 30.7 Å². The Morgan fingerprint density at radius 1 is 1.35 bits per heavy atom. The Morgan fingerprint density at radius 2 is 2.12 bits per heavy atom. The first-order chi connectivity index (χ1) is 8.17. The molecule has 0 N–H and O–H groups in total. The fraction of sp³-hybridized carbons (Fsp3) is 0.333. The van der Waals surface area contributed by atoms with Gasteiger partial charge in [-0.15, -0.1) is 21.8 Å². The molecule has 0 radical (unpaired) electrons. The summed E-state index contributed by atoms with van der Waals surface area (Å²) in [7, 11) is 0. The zero-order valence-corrected chi connectivity index (χ0v) is 10.5. The van der Waals surface area contributed by atoms with E-state index in [4.69, 9.17) is 11.6 Å². The van der Waals surface area contributed by atoms with Crippen molar-refractivity contribution in [3.05, 3.63) is 35.4 Å². The lowest BCUT2D eigenvalue weighted by atomic mass is 10.1. The Bertz CT molecular complexity index is 537. The van der Waals surface area contributed by atoms with E-state index in [2.05, 4.69) is 10.2 Å². The number of aromatic nitrogens is 3. The fourth-order valence-corrected chi connectivity index (χ4v) is 2.04. The van der Waals surface area contributed by atoms with Crippen LogP contribution >= 0.6 is 11.6 Å². The lowest BCUT2D eigenvalue weighted by Gasteiger charge is -2.08. The summed E-state index contributed by atoms with van der Waals surface area (Å²) in [5.41, 5.74) is 1.73. The van der Waals surface area contributed by atoms with Gasteiger partial charge in [0.1, 0.15) is 11.6 Å². The van der Waals surface area contributed by atoms with Gasteiger partial charge in [-0.3, -0.25) is 0 Å². The lowest BCUT2D eigenvalue weighted by molar-refractivity contribution is 0.626. The van der Waals surface area contributed by atoms with E-state index in [1.165, 1.54) is 12.1 Å². The van der Waals surface area contributed by atoms with Crippen LogP contribution in [-0.2, 0) is 12.4 Å². The molecule has 1 aromatic heterocycles. The zero-order chi connectivity index (χ0) is 12.4. The fourth-order valence-electron chi connectivity index (χ4n) is 1.84. The molecular formula is C12H13ClFN3. The van der Waals surface area contributed by atoms with Gasteiger partial charge >= 0.3 is 0 Å². The minimum atomic E-state index is -0.244. The van der Waals surface area contributed by atoms with Crippen molar-refractivity contribution in [2.45, 2.75) is 26.3 Å². The largest absolute Gasteiger partial charge is 0.310 e. The second-order valence-corrected chi connectivity index (χ2v) is 4.04. The van der Waals surface area contributed by atoms with E-state index >= 15 is 0 Å². The summed E-state index contributed by atoms with van der Waals surface area (Å²) in [5.74, 6) is 1.54. The molecule has 0 fully saturated rings. The highest BCUT2D eigenvalue weighted by atomic mass is 35.5. The van der Waals surface area contributed by atoms with Crippen LogP contribution in [0.25, 0.3) is 11.4 Å². The predicted molar refractivity (Wildman–Crippen MR) is 65.4 cm³/mol. The molecule has 0 saturated heterocycles. The molecule has 3 nitrogen and oxygen atoms in total. The molecule has 0 saturated carbocycles. The van der Waals surface area contributed by atoms with Gasteiger partial charge in [-0.25, -0.2) is 4.39 Å². The van der Waals surface area contributed by atoms with Crippen LogP contribution in [0.2, 0.25) is 0 Å². The van der Waals surface area contributed by atoms with Crippen LogP contribution in [0.15, 0.2) is 18.2 Å². The number of aryl methyl sites for hydroxylation is 1. The van der Waals surface area contributed by atoms with E-state index < -0.39 is 0 Å². The number of nitrogens with zero attached hydrogens (tertiary/aromatic N) is 3. The van der Waals surface area contributed by atoms with Crippen molar-refractivity contribution in [2.75, 3.05) is 0 Å². The van der Waals surface area contributed by atoms with E-state index in [1.807, 2.05) is 18.4 Å². The molecule has 90 valence electrons. The number of rotatable bonds is 3. The maximum atomic E-state index is 13.1. The third-order valence-electron chi connectivity index (χ3n) is 2.69. The van der Waals surface area contributed by atoms with E-state index in [0.29, 0.717) is 5.88 Å². The minimum absolute atomic E-state index is 0.244. The van der Waals surface area contributed by atoms with E-state index in [-0.39, 0.29) is 5.82 Å². The Balaban J connectivity index is 2.56. The van der Waals surface area contributed by atoms with Crippen molar-refractivity contribution in [2.24, 2.45) is 0 Å². The van der Waals surface area contributed by atoms with Crippen molar-refractivity contribution < 1.29 is 4.39 Å². The van der Waals surface area contributed by atoms with Gasteiger partial charge in [-0.2, -0.15) is 0 Å². The highest BCUT2D eigenvalue weighted by Gasteiger charge is 2.13. The first-order valence-corrected chi connectivity index (χ1v) is 5.95. The SMILES string of the molecule is CCn1c(CCl)nnc1-c1ccc(F)cc1C. The molecule has 0 amide bonds. The molecule has 5 heteroatoms. The summed E-state index contributed by atoms with van der Waals surface area (Å²) in [6.45, 7) is 4.59. The Kier molecular flexibility index (Phi) is 3.43. The molecule has 0 spiro atoms. The maximum Gasteiger partial charge on any atom is 0.164 e. The van der Waals surface area contributed by atoms with Gasteiger partial charge < -0.3 is 4.57 Å². The highest BCUT2D eigenvalue weighted by Crippen LogP contribution is 2.23. The van der Waals surface area contributed by atoms with Crippen molar-refractivity contribution in [1.82, 2.24) is 14.8 Å². The monoisotopic (exact) mass is 253 g/mol. The summed E-state index contributed by atoms with van der Waals surface area (Å²) >= 11 is 5.79. The summed E-state index contributed by atoms with van der Waals surface area (Å²) in [6.07, 6.45) is 0. The van der Waals surface area contributed by atoms with Gasteiger partial charge in [0.05, 0.1) is 5.88 Å². The van der Waals surface area contributed by atoms with Gasteiger partial charge in [0.25, 0.3) is 0 Å². The van der Waals surface area contributed by atoms with Crippen molar-refractivity contribution in [1.29, 1.82) is 0 Å². The van der Waals surface area contributed by atoms with Crippen LogP contribution < -0.4 is 0 Å². The Morgan fingerprint density at radius 3 is 2.71 bits per heavy atom. The average molecular weight is 254 g/mol. The molecule has 0 atom stereocenters. The van der Waals surface area contributed by atoms with Crippen molar-refractivity contribution in [3.8, 4) is 11.4 Å². The van der Waals surface area contributed by atoms with Crippen LogP contribution in [0.1, 0.15) is 18.3 Å². The lowest BCUT2D eigenvalue weighted by Crippen LogP contribution is -2.02. The maximum absolute atomic E-state index is 13.1. The molecule has 0 bridgehead atoms. The van der Waals surface area contributed by atoms with Gasteiger partial charge in [0.15, 0.2) is 5.82 Å². The molecule has 0 aliphatic carbocycles. The van der Waals surface area contributed by atoms with Crippen LogP contribution in [0, 0.1) is 12.7 Å². The van der Waals surface area contributed by atoms with Crippen molar-refractivity contribution >= 4 is 11.6 Å². The molecule has 0 unspecified atom stereocenters. The Hall–Kier alpha value is -1.42. The van der Waals surface area contributed by atoms with Crippen LogP contribution in [-0.4, -0.2) is 14.8 Å². The third-order valence-corrected chi connectivity index (χ3v) is 2.93. The second kappa shape index (κ2) is 4.84. The minimum Gasteiger partial charge on any atom is -0.310 e. The molecular weight excluding hydrogens is 241 g/mol. The van der Waals surface area contributed by atoms with Gasteiger partial charge in [0.2, 0.25) is 0 Å². The second-order valence-electron chi connectivity index (χ2n) is 3.78. The Labute approximate surface area is 104 Å². The van der Waals surface area contributed by atoms with E-state index in [1.54, 1.807) is 6.07 Å². The molecule has 2 aromatic rings. The summed E-state index contributed by atoms with van der Waals surface area (Å²) in [5, 5.41) is 8.16. The average Bonchev–Trinajstić information content (AvgIpc) is 2.71.